The summed E-state index contributed by atoms with van der Waals surface area (Å²) in [6.07, 6.45) is 2.53. The van der Waals surface area contributed by atoms with Crippen LogP contribution in [-0.4, -0.2) is 18.4 Å². The molecule has 4 nitrogen and oxygen atoms in total. The van der Waals surface area contributed by atoms with Crippen LogP contribution in [0.3, 0.4) is 0 Å². The molecule has 2 rings (SSSR count). The van der Waals surface area contributed by atoms with Crippen molar-refractivity contribution in [3.05, 3.63) is 71.3 Å². The molecular weight excluding hydrogens is 340 g/mol. The van der Waals surface area contributed by atoms with Crippen LogP contribution in [0, 0.1) is 23.3 Å². The normalized spacial score (nSPS) is 10.7. The van der Waals surface area contributed by atoms with Gasteiger partial charge < -0.3 is 10.6 Å². The average Bonchev–Trinajstić information content (AvgIpc) is 2.60. The first-order valence-corrected chi connectivity index (χ1v) is 7.01. The number of nitrogens with one attached hydrogen (secondary N) is 2. The van der Waals surface area contributed by atoms with Crippen LogP contribution in [0.5, 0.6) is 0 Å². The van der Waals surface area contributed by atoms with Crippen LogP contribution < -0.4 is 10.6 Å². The third kappa shape index (κ3) is 5.17. The van der Waals surface area contributed by atoms with E-state index in [1.165, 1.54) is 30.3 Å². The van der Waals surface area contributed by atoms with Crippen LogP contribution in [0.25, 0.3) is 6.08 Å². The van der Waals surface area contributed by atoms with Crippen LogP contribution in [0.2, 0.25) is 0 Å². The van der Waals surface area contributed by atoms with Crippen molar-refractivity contribution in [2.24, 2.45) is 0 Å². The molecule has 2 aromatic rings. The summed E-state index contributed by atoms with van der Waals surface area (Å²) in [5.41, 5.74) is 0.0323. The van der Waals surface area contributed by atoms with Crippen molar-refractivity contribution in [1.29, 1.82) is 0 Å². The highest BCUT2D eigenvalue weighted by atomic mass is 19.2. The molecule has 0 aromatic heterocycles. The van der Waals surface area contributed by atoms with Crippen LogP contribution in [0.4, 0.5) is 23.2 Å². The van der Waals surface area contributed by atoms with Crippen LogP contribution >= 0.6 is 0 Å². The quantitative estimate of drug-likeness (QED) is 0.494. The second-order valence-electron chi connectivity index (χ2n) is 4.87. The van der Waals surface area contributed by atoms with E-state index in [0.29, 0.717) is 11.6 Å². The van der Waals surface area contributed by atoms with Gasteiger partial charge in [0.15, 0.2) is 17.5 Å². The lowest BCUT2D eigenvalue weighted by Gasteiger charge is -2.07. The number of hydrogen-bond donors (Lipinski definition) is 2. The molecule has 0 radical (unpaired) electrons. The lowest BCUT2D eigenvalue weighted by Crippen LogP contribution is -2.32. The summed E-state index contributed by atoms with van der Waals surface area (Å²) in [5.74, 6) is -6.48. The maximum absolute atomic E-state index is 13.4. The molecule has 2 amide bonds. The standard InChI is InChI=1S/C17H12F4N2O2/c18-11-4-1-10(2-5-11)3-8-14(24)22-9-15(25)23-13-7-6-12(19)16(20)17(13)21/h1-8H,9H2,(H,22,24)(H,23,25)/b8-3+. The molecule has 2 N–H and O–H groups in total. The highest BCUT2D eigenvalue weighted by Gasteiger charge is 2.15. The fraction of sp³-hybridized carbons (Fsp3) is 0.0588. The Bertz CT molecular complexity index is 820. The van der Waals surface area contributed by atoms with E-state index in [1.54, 1.807) is 0 Å². The van der Waals surface area contributed by atoms with E-state index < -0.39 is 47.3 Å². The number of rotatable bonds is 5. The lowest BCUT2D eigenvalue weighted by atomic mass is 10.2. The Balaban J connectivity index is 1.86. The summed E-state index contributed by atoms with van der Waals surface area (Å²) in [4.78, 5) is 23.2. The van der Waals surface area contributed by atoms with E-state index in [-0.39, 0.29) is 0 Å². The Hall–Kier alpha value is -3.16. The third-order valence-electron chi connectivity index (χ3n) is 3.03. The van der Waals surface area contributed by atoms with Gasteiger partial charge in [-0.05, 0) is 35.9 Å². The Morgan fingerprint density at radius 3 is 2.28 bits per heavy atom. The Morgan fingerprint density at radius 2 is 1.60 bits per heavy atom. The molecule has 25 heavy (non-hydrogen) atoms. The van der Waals surface area contributed by atoms with Gasteiger partial charge in [0.25, 0.3) is 0 Å². The van der Waals surface area contributed by atoms with Crippen molar-refractivity contribution in [3.8, 4) is 0 Å². The fourth-order valence-electron chi connectivity index (χ4n) is 1.79. The topological polar surface area (TPSA) is 58.2 Å². The average molecular weight is 352 g/mol. The molecule has 0 spiro atoms. The second-order valence-corrected chi connectivity index (χ2v) is 4.87. The van der Waals surface area contributed by atoms with Crippen molar-refractivity contribution in [3.63, 3.8) is 0 Å². The summed E-state index contributed by atoms with van der Waals surface area (Å²) >= 11 is 0. The first-order chi connectivity index (χ1) is 11.9. The molecule has 0 aliphatic carbocycles. The molecule has 130 valence electrons. The van der Waals surface area contributed by atoms with E-state index in [9.17, 15) is 27.2 Å². The zero-order chi connectivity index (χ0) is 18.4. The van der Waals surface area contributed by atoms with Crippen molar-refractivity contribution in [1.82, 2.24) is 5.32 Å². The molecule has 2 aromatic carbocycles. The molecule has 0 fully saturated rings. The lowest BCUT2D eigenvalue weighted by molar-refractivity contribution is -0.121. The van der Waals surface area contributed by atoms with E-state index in [0.717, 1.165) is 12.1 Å². The number of halogens is 4. The molecule has 0 aliphatic heterocycles. The molecule has 0 bridgehead atoms. The molecule has 0 aliphatic rings. The van der Waals surface area contributed by atoms with E-state index in [1.807, 2.05) is 5.32 Å². The number of carbonyl (C=O) groups excluding carboxylic acids is 2. The highest BCUT2D eigenvalue weighted by Crippen LogP contribution is 2.19. The van der Waals surface area contributed by atoms with Gasteiger partial charge in [0.05, 0.1) is 12.2 Å². The van der Waals surface area contributed by atoms with Gasteiger partial charge in [-0.15, -0.1) is 0 Å². The molecule has 0 unspecified atom stereocenters. The SMILES string of the molecule is O=C(/C=C/c1ccc(F)cc1)NCC(=O)Nc1ccc(F)c(F)c1F. The molecule has 0 heterocycles. The number of anilines is 1. The highest BCUT2D eigenvalue weighted by molar-refractivity contribution is 5.98. The van der Waals surface area contributed by atoms with Gasteiger partial charge in [0, 0.05) is 6.08 Å². The van der Waals surface area contributed by atoms with E-state index >= 15 is 0 Å². The molecule has 0 saturated heterocycles. The minimum Gasteiger partial charge on any atom is -0.343 e. The van der Waals surface area contributed by atoms with Crippen molar-refractivity contribution in [2.45, 2.75) is 0 Å². The summed E-state index contributed by atoms with van der Waals surface area (Å²) < 4.78 is 52.0. The van der Waals surface area contributed by atoms with Crippen molar-refractivity contribution in [2.75, 3.05) is 11.9 Å². The van der Waals surface area contributed by atoms with Crippen molar-refractivity contribution >= 4 is 23.6 Å². The molecule has 0 saturated carbocycles. The van der Waals surface area contributed by atoms with Gasteiger partial charge in [-0.1, -0.05) is 12.1 Å². The molecular formula is C17H12F4N2O2. The summed E-state index contributed by atoms with van der Waals surface area (Å²) in [7, 11) is 0. The number of hydrogen-bond acceptors (Lipinski definition) is 2. The summed E-state index contributed by atoms with van der Waals surface area (Å²) in [5, 5.41) is 4.24. The molecule has 0 atom stereocenters. The minimum atomic E-state index is -1.70. The zero-order valence-electron chi connectivity index (χ0n) is 12.7. The predicted molar refractivity (Wildman–Crippen MR) is 83.4 cm³/mol. The largest absolute Gasteiger partial charge is 0.343 e. The summed E-state index contributed by atoms with van der Waals surface area (Å²) in [6, 6.07) is 6.89. The van der Waals surface area contributed by atoms with E-state index in [2.05, 4.69) is 5.32 Å². The van der Waals surface area contributed by atoms with Gasteiger partial charge in [-0.2, -0.15) is 0 Å². The Labute approximate surface area is 140 Å². The molecule has 8 heteroatoms. The van der Waals surface area contributed by atoms with Crippen LogP contribution in [0.15, 0.2) is 42.5 Å². The number of benzene rings is 2. The van der Waals surface area contributed by atoms with Gasteiger partial charge >= 0.3 is 0 Å². The second kappa shape index (κ2) is 8.09. The number of carbonyl (C=O) groups is 2. The smallest absolute Gasteiger partial charge is 0.244 e. The van der Waals surface area contributed by atoms with Gasteiger partial charge in [-0.3, -0.25) is 9.59 Å². The monoisotopic (exact) mass is 352 g/mol. The third-order valence-corrected chi connectivity index (χ3v) is 3.03. The van der Waals surface area contributed by atoms with Gasteiger partial charge in [0.2, 0.25) is 11.8 Å². The summed E-state index contributed by atoms with van der Waals surface area (Å²) in [6.45, 7) is -0.509. The van der Waals surface area contributed by atoms with E-state index in [4.69, 9.17) is 0 Å². The fourth-order valence-corrected chi connectivity index (χ4v) is 1.79. The van der Waals surface area contributed by atoms with Gasteiger partial charge in [0.1, 0.15) is 5.82 Å². The number of amides is 2. The first kappa shape index (κ1) is 18.2. The van der Waals surface area contributed by atoms with Crippen LogP contribution in [0.1, 0.15) is 5.56 Å². The Morgan fingerprint density at radius 1 is 0.920 bits per heavy atom. The Kier molecular flexibility index (Phi) is 5.89. The predicted octanol–water partition coefficient (Wildman–Crippen LogP) is 3.01. The minimum absolute atomic E-state index is 0.414. The maximum atomic E-state index is 13.4. The van der Waals surface area contributed by atoms with Crippen molar-refractivity contribution < 1.29 is 27.2 Å². The zero-order valence-corrected chi connectivity index (χ0v) is 12.7. The first-order valence-electron chi connectivity index (χ1n) is 7.01. The maximum Gasteiger partial charge on any atom is 0.244 e. The van der Waals surface area contributed by atoms with Crippen LogP contribution in [-0.2, 0) is 9.59 Å². The van der Waals surface area contributed by atoms with Gasteiger partial charge in [-0.25, -0.2) is 17.6 Å².